The Balaban J connectivity index is 1.34. The third-order valence-electron chi connectivity index (χ3n) is 9.22. The summed E-state index contributed by atoms with van der Waals surface area (Å²) < 4.78 is 40.5. The Labute approximate surface area is 283 Å². The number of hydrogen-bond donors (Lipinski definition) is 1. The Morgan fingerprint density at radius 1 is 1.00 bits per heavy atom. The molecule has 2 aliphatic heterocycles. The molecule has 3 aromatic carbocycles. The lowest BCUT2D eigenvalue weighted by molar-refractivity contribution is 0.118. The van der Waals surface area contributed by atoms with Crippen LogP contribution in [0.5, 0.6) is 5.75 Å². The first-order valence-electron chi connectivity index (χ1n) is 15.9. The first-order valence-corrected chi connectivity index (χ1v) is 19.9. The quantitative estimate of drug-likeness (QED) is 0.146. The molecule has 9 heteroatoms. The molecule has 1 N–H and O–H groups in total. The largest absolute Gasteiger partial charge is 0.508 e. The van der Waals surface area contributed by atoms with Crippen LogP contribution in [-0.2, 0) is 19.0 Å². The summed E-state index contributed by atoms with van der Waals surface area (Å²) in [5.74, 6) is 0.0797. The maximum absolute atomic E-state index is 13.5. The van der Waals surface area contributed by atoms with Crippen LogP contribution in [0.4, 0.5) is 0 Å². The molecule has 0 unspecified atom stereocenters. The average molecular weight is 686 g/mol. The number of phenolic OH excluding ortho intramolecular Hbond substituents is 1. The number of halogens is 1. The number of allylic oxidation sites excluding steroid dienone is 1. The number of fused-ring (bicyclic) bond motifs is 1. The highest BCUT2D eigenvalue weighted by molar-refractivity contribution is 7.92. The number of pyridine rings is 1. The first-order chi connectivity index (χ1) is 22.5. The van der Waals surface area contributed by atoms with E-state index in [4.69, 9.17) is 20.8 Å². The lowest BCUT2D eigenvalue weighted by Crippen LogP contribution is -2.66. The Kier molecular flexibility index (Phi) is 9.61. The molecule has 4 aromatic rings. The molecule has 0 radical (unpaired) electrons. The zero-order valence-corrected chi connectivity index (χ0v) is 29.5. The molecule has 1 aromatic heterocycles. The standard InChI is InChI=1S/C38H40ClNO5SSi/c1-38(2,3)47(31-12-6-4-7-13-31,32-14-8-5-9-15-32)45-24-29-26-46(42,43)36-25-44-35(37(29)36)20-18-28(34-16-10-11-21-40-34)22-27-17-19-30(41)23-33(27)39/h4-17,19,21-23,35-36,41H,18,20,24-26H2,1-3H3/b28-22-/t35-,36+/m1/s1. The topological polar surface area (TPSA) is 85.7 Å². The van der Waals surface area contributed by atoms with Gasteiger partial charge in [0.25, 0.3) is 8.32 Å². The van der Waals surface area contributed by atoms with Crippen molar-refractivity contribution in [3.05, 3.63) is 131 Å². The number of aromatic nitrogens is 1. The molecule has 0 amide bonds. The van der Waals surface area contributed by atoms with E-state index in [2.05, 4.69) is 50.0 Å². The molecule has 2 atom stereocenters. The van der Waals surface area contributed by atoms with Crippen LogP contribution in [0.1, 0.15) is 44.9 Å². The molecule has 244 valence electrons. The van der Waals surface area contributed by atoms with Crippen molar-refractivity contribution >= 4 is 51.8 Å². The molecular formula is C38H40ClNO5SSi. The van der Waals surface area contributed by atoms with Crippen LogP contribution < -0.4 is 10.4 Å². The lowest BCUT2D eigenvalue weighted by atomic mass is 9.95. The van der Waals surface area contributed by atoms with Crippen molar-refractivity contribution in [1.29, 1.82) is 0 Å². The van der Waals surface area contributed by atoms with Crippen molar-refractivity contribution in [2.24, 2.45) is 0 Å². The van der Waals surface area contributed by atoms with E-state index in [1.807, 2.05) is 60.7 Å². The van der Waals surface area contributed by atoms with Gasteiger partial charge in [-0.2, -0.15) is 0 Å². The third-order valence-corrected chi connectivity index (χ3v) is 16.5. The number of nitrogens with zero attached hydrogens (tertiary/aromatic N) is 1. The molecule has 6 nitrogen and oxygen atoms in total. The molecule has 6 rings (SSSR count). The second-order valence-corrected chi connectivity index (χ2v) is 20.2. The Bertz CT molecular complexity index is 1850. The number of benzene rings is 3. The molecule has 0 aliphatic carbocycles. The molecule has 1 fully saturated rings. The van der Waals surface area contributed by atoms with E-state index >= 15 is 0 Å². The normalized spacial score (nSPS) is 19.6. The predicted octanol–water partition coefficient (Wildman–Crippen LogP) is 6.83. The zero-order chi connectivity index (χ0) is 33.2. The number of ether oxygens (including phenoxy) is 1. The zero-order valence-electron chi connectivity index (χ0n) is 26.9. The minimum absolute atomic E-state index is 0.0168. The second-order valence-electron chi connectivity index (χ2n) is 13.3. The Morgan fingerprint density at radius 2 is 1.66 bits per heavy atom. The Morgan fingerprint density at radius 3 is 2.26 bits per heavy atom. The number of sulfone groups is 1. The summed E-state index contributed by atoms with van der Waals surface area (Å²) in [7, 11) is -6.30. The van der Waals surface area contributed by atoms with Crippen LogP contribution in [0.2, 0.25) is 10.1 Å². The van der Waals surface area contributed by atoms with Crippen molar-refractivity contribution in [3.8, 4) is 5.75 Å². The highest BCUT2D eigenvalue weighted by Gasteiger charge is 2.52. The minimum atomic E-state index is -3.42. The van der Waals surface area contributed by atoms with Gasteiger partial charge in [0.15, 0.2) is 9.84 Å². The van der Waals surface area contributed by atoms with E-state index in [1.165, 1.54) is 6.07 Å². The van der Waals surface area contributed by atoms with Crippen LogP contribution in [0.15, 0.2) is 114 Å². The number of phenols is 1. The summed E-state index contributed by atoms with van der Waals surface area (Å²) in [6.45, 7) is 7.04. The molecule has 47 heavy (non-hydrogen) atoms. The fraction of sp³-hybridized carbons (Fsp3) is 0.289. The maximum Gasteiger partial charge on any atom is 0.261 e. The highest BCUT2D eigenvalue weighted by atomic mass is 35.5. The van der Waals surface area contributed by atoms with Gasteiger partial charge in [-0.05, 0) is 86.9 Å². The summed E-state index contributed by atoms with van der Waals surface area (Å²) in [4.78, 5) is 4.58. The molecule has 3 heterocycles. The molecule has 2 aliphatic rings. The number of rotatable bonds is 10. The van der Waals surface area contributed by atoms with Gasteiger partial charge in [0.2, 0.25) is 0 Å². The van der Waals surface area contributed by atoms with E-state index in [9.17, 15) is 13.5 Å². The van der Waals surface area contributed by atoms with Crippen molar-refractivity contribution < 1.29 is 22.7 Å². The minimum Gasteiger partial charge on any atom is -0.508 e. The summed E-state index contributed by atoms with van der Waals surface area (Å²) >= 11 is 6.47. The lowest BCUT2D eigenvalue weighted by Gasteiger charge is -2.43. The molecular weight excluding hydrogens is 646 g/mol. The molecule has 0 bridgehead atoms. The average Bonchev–Trinajstić information content (AvgIpc) is 3.60. The fourth-order valence-corrected chi connectivity index (χ4v) is 13.7. The van der Waals surface area contributed by atoms with Gasteiger partial charge in [0, 0.05) is 6.20 Å². The summed E-state index contributed by atoms with van der Waals surface area (Å²) in [6, 6.07) is 31.4. The van der Waals surface area contributed by atoms with Crippen molar-refractivity contribution in [3.63, 3.8) is 0 Å². The maximum atomic E-state index is 13.5. The molecule has 0 saturated carbocycles. The highest BCUT2D eigenvalue weighted by Crippen LogP contribution is 2.42. The van der Waals surface area contributed by atoms with Crippen LogP contribution in [0, 0.1) is 0 Å². The van der Waals surface area contributed by atoms with Gasteiger partial charge in [-0.25, -0.2) is 8.42 Å². The smallest absolute Gasteiger partial charge is 0.261 e. The SMILES string of the molecule is CC(C)(C)[Si](OCC1=C2[C@@H](CC/C(=C/c3ccc(O)cc3Cl)c3ccccn3)OC[C@@H]2S(=O)(=O)C1)(c1ccccc1)c1ccccc1. The van der Waals surface area contributed by atoms with Gasteiger partial charge in [0.1, 0.15) is 11.0 Å². The van der Waals surface area contributed by atoms with E-state index in [-0.39, 0.29) is 35.9 Å². The van der Waals surface area contributed by atoms with E-state index in [1.54, 1.807) is 18.3 Å². The first kappa shape index (κ1) is 33.4. The van der Waals surface area contributed by atoms with Crippen LogP contribution in [-0.4, -0.2) is 57.1 Å². The summed E-state index contributed by atoms with van der Waals surface area (Å²) in [5, 5.41) is 11.7. The monoisotopic (exact) mass is 685 g/mol. The van der Waals surface area contributed by atoms with Crippen LogP contribution in [0.25, 0.3) is 11.6 Å². The Hall–Kier alpha value is -3.53. The number of aromatic hydroxyl groups is 1. The van der Waals surface area contributed by atoms with E-state index in [0.29, 0.717) is 17.9 Å². The van der Waals surface area contributed by atoms with Gasteiger partial charge >= 0.3 is 0 Å². The predicted molar refractivity (Wildman–Crippen MR) is 192 cm³/mol. The molecule has 0 spiro atoms. The van der Waals surface area contributed by atoms with Gasteiger partial charge in [0.05, 0.1) is 35.8 Å². The van der Waals surface area contributed by atoms with Crippen molar-refractivity contribution in [1.82, 2.24) is 4.98 Å². The molecule has 1 saturated heterocycles. The van der Waals surface area contributed by atoms with Crippen LogP contribution >= 0.6 is 11.6 Å². The van der Waals surface area contributed by atoms with Gasteiger partial charge in [-0.3, -0.25) is 4.98 Å². The van der Waals surface area contributed by atoms with Crippen LogP contribution in [0.3, 0.4) is 0 Å². The van der Waals surface area contributed by atoms with Crippen molar-refractivity contribution in [2.75, 3.05) is 19.0 Å². The van der Waals surface area contributed by atoms with Gasteiger partial charge in [-0.1, -0.05) is 99.1 Å². The van der Waals surface area contributed by atoms with Gasteiger partial charge < -0.3 is 14.3 Å². The second kappa shape index (κ2) is 13.5. The van der Waals surface area contributed by atoms with Gasteiger partial charge in [-0.15, -0.1) is 0 Å². The summed E-state index contributed by atoms with van der Waals surface area (Å²) in [5.41, 5.74) is 4.17. The fourth-order valence-electron chi connectivity index (χ4n) is 7.02. The van der Waals surface area contributed by atoms with E-state index < -0.39 is 23.4 Å². The third kappa shape index (κ3) is 6.75. The number of hydrogen-bond acceptors (Lipinski definition) is 6. The summed E-state index contributed by atoms with van der Waals surface area (Å²) in [6.07, 6.45) is 4.51. The van der Waals surface area contributed by atoms with Crippen molar-refractivity contribution in [2.45, 2.75) is 50.0 Å². The van der Waals surface area contributed by atoms with E-state index in [0.717, 1.165) is 38.4 Å².